The number of nitrogens with zero attached hydrogens (tertiary/aromatic N) is 3. The molecule has 2 heterocycles. The van der Waals surface area contributed by atoms with Crippen LogP contribution in [0.25, 0.3) is 0 Å². The van der Waals surface area contributed by atoms with Crippen LogP contribution in [0.5, 0.6) is 0 Å². The summed E-state index contributed by atoms with van der Waals surface area (Å²) >= 11 is 1.58. The van der Waals surface area contributed by atoms with Crippen LogP contribution in [0.1, 0.15) is 30.0 Å². The van der Waals surface area contributed by atoms with E-state index in [-0.39, 0.29) is 0 Å². The fourth-order valence-electron chi connectivity index (χ4n) is 1.59. The number of hydrogen-bond donors (Lipinski definition) is 1. The van der Waals surface area contributed by atoms with Crippen LogP contribution in [0.2, 0.25) is 0 Å². The van der Waals surface area contributed by atoms with Crippen molar-refractivity contribution in [2.24, 2.45) is 0 Å². The van der Waals surface area contributed by atoms with E-state index in [0.717, 1.165) is 5.13 Å². The lowest BCUT2D eigenvalue weighted by atomic mass is 10.3. The Hall–Kier alpha value is -1.93. The SMILES string of the molecule is N#Cc1ccnc(Nc2nc(C3CC3)cs2)c1. The highest BCUT2D eigenvalue weighted by atomic mass is 32.1. The van der Waals surface area contributed by atoms with Crippen LogP contribution in [0.15, 0.2) is 23.7 Å². The Kier molecular flexibility index (Phi) is 2.50. The number of nitrogens with one attached hydrogen (secondary N) is 1. The maximum Gasteiger partial charge on any atom is 0.188 e. The van der Waals surface area contributed by atoms with Crippen molar-refractivity contribution in [2.45, 2.75) is 18.8 Å². The number of aromatic nitrogens is 2. The normalized spacial score (nSPS) is 14.3. The number of rotatable bonds is 3. The molecule has 0 bridgehead atoms. The van der Waals surface area contributed by atoms with E-state index in [0.29, 0.717) is 17.3 Å². The third-order valence-electron chi connectivity index (χ3n) is 2.64. The molecule has 1 saturated carbocycles. The van der Waals surface area contributed by atoms with Crippen LogP contribution in [-0.2, 0) is 0 Å². The molecule has 0 amide bonds. The number of anilines is 2. The van der Waals surface area contributed by atoms with E-state index in [2.05, 4.69) is 26.7 Å². The van der Waals surface area contributed by atoms with E-state index < -0.39 is 0 Å². The molecule has 4 nitrogen and oxygen atoms in total. The predicted octanol–water partition coefficient (Wildman–Crippen LogP) is 3.03. The topological polar surface area (TPSA) is 61.6 Å². The number of hydrogen-bond acceptors (Lipinski definition) is 5. The van der Waals surface area contributed by atoms with Gasteiger partial charge in [-0.1, -0.05) is 0 Å². The van der Waals surface area contributed by atoms with Gasteiger partial charge in [-0.25, -0.2) is 9.97 Å². The Morgan fingerprint density at radius 1 is 1.47 bits per heavy atom. The monoisotopic (exact) mass is 242 g/mol. The molecule has 0 unspecified atom stereocenters. The Morgan fingerprint density at radius 2 is 2.35 bits per heavy atom. The summed E-state index contributed by atoms with van der Waals surface area (Å²) < 4.78 is 0. The van der Waals surface area contributed by atoms with Crippen LogP contribution >= 0.6 is 11.3 Å². The first-order valence-electron chi connectivity index (χ1n) is 5.44. The van der Waals surface area contributed by atoms with Crippen LogP contribution in [0, 0.1) is 11.3 Å². The predicted molar refractivity (Wildman–Crippen MR) is 66.3 cm³/mol. The molecular formula is C12H10N4S. The molecule has 0 radical (unpaired) electrons. The lowest BCUT2D eigenvalue weighted by Gasteiger charge is -2.00. The van der Waals surface area contributed by atoms with Gasteiger partial charge < -0.3 is 5.32 Å². The molecule has 1 aliphatic rings. The summed E-state index contributed by atoms with van der Waals surface area (Å²) in [4.78, 5) is 8.66. The van der Waals surface area contributed by atoms with Crippen molar-refractivity contribution in [1.29, 1.82) is 5.26 Å². The van der Waals surface area contributed by atoms with Gasteiger partial charge in [0.05, 0.1) is 17.3 Å². The van der Waals surface area contributed by atoms with E-state index in [1.165, 1.54) is 18.5 Å². The summed E-state index contributed by atoms with van der Waals surface area (Å²) in [7, 11) is 0. The van der Waals surface area contributed by atoms with E-state index in [4.69, 9.17) is 5.26 Å². The minimum Gasteiger partial charge on any atom is -0.316 e. The maximum absolute atomic E-state index is 8.79. The molecule has 84 valence electrons. The quantitative estimate of drug-likeness (QED) is 0.898. The molecule has 0 aliphatic heterocycles. The smallest absolute Gasteiger partial charge is 0.188 e. The van der Waals surface area contributed by atoms with E-state index in [1.807, 2.05) is 0 Å². The Labute approximate surface area is 103 Å². The molecule has 0 aromatic carbocycles. The average molecular weight is 242 g/mol. The van der Waals surface area contributed by atoms with Crippen molar-refractivity contribution in [1.82, 2.24) is 9.97 Å². The summed E-state index contributed by atoms with van der Waals surface area (Å²) in [5.41, 5.74) is 1.77. The van der Waals surface area contributed by atoms with Gasteiger partial charge in [-0.15, -0.1) is 11.3 Å². The fraction of sp³-hybridized carbons (Fsp3) is 0.250. The van der Waals surface area contributed by atoms with Crippen LogP contribution in [0.4, 0.5) is 10.9 Å². The van der Waals surface area contributed by atoms with Crippen molar-refractivity contribution >= 4 is 22.3 Å². The van der Waals surface area contributed by atoms with Gasteiger partial charge in [0.1, 0.15) is 5.82 Å². The van der Waals surface area contributed by atoms with Gasteiger partial charge in [-0.05, 0) is 25.0 Å². The minimum absolute atomic E-state index is 0.599. The van der Waals surface area contributed by atoms with Gasteiger partial charge in [0.25, 0.3) is 0 Å². The van der Waals surface area contributed by atoms with Crippen molar-refractivity contribution < 1.29 is 0 Å². The second-order valence-corrected chi connectivity index (χ2v) is 4.88. The molecule has 2 aromatic heterocycles. The second-order valence-electron chi connectivity index (χ2n) is 4.02. The zero-order chi connectivity index (χ0) is 11.7. The highest BCUT2D eigenvalue weighted by molar-refractivity contribution is 7.13. The lowest BCUT2D eigenvalue weighted by molar-refractivity contribution is 1.05. The molecule has 0 atom stereocenters. The standard InChI is InChI=1S/C12H10N4S/c13-6-8-3-4-14-11(5-8)16-12-15-10(7-17-12)9-1-2-9/h3-5,7,9H,1-2H2,(H,14,15,16). The first-order chi connectivity index (χ1) is 8.35. The molecule has 2 aromatic rings. The second kappa shape index (κ2) is 4.15. The first-order valence-corrected chi connectivity index (χ1v) is 6.32. The Morgan fingerprint density at radius 3 is 3.12 bits per heavy atom. The summed E-state index contributed by atoms with van der Waals surface area (Å²) in [5, 5.41) is 14.9. The largest absolute Gasteiger partial charge is 0.316 e. The van der Waals surface area contributed by atoms with Crippen LogP contribution < -0.4 is 5.32 Å². The van der Waals surface area contributed by atoms with Crippen LogP contribution in [-0.4, -0.2) is 9.97 Å². The van der Waals surface area contributed by atoms with Crippen molar-refractivity contribution in [3.63, 3.8) is 0 Å². The zero-order valence-electron chi connectivity index (χ0n) is 9.05. The summed E-state index contributed by atoms with van der Waals surface area (Å²) in [6, 6.07) is 5.49. The number of nitriles is 1. The third-order valence-corrected chi connectivity index (χ3v) is 3.42. The third kappa shape index (κ3) is 2.27. The van der Waals surface area contributed by atoms with Gasteiger partial charge in [0.2, 0.25) is 0 Å². The average Bonchev–Trinajstić information content (AvgIpc) is 3.11. The van der Waals surface area contributed by atoms with E-state index in [9.17, 15) is 0 Å². The van der Waals surface area contributed by atoms with E-state index in [1.54, 1.807) is 29.7 Å². The highest BCUT2D eigenvalue weighted by Gasteiger charge is 2.26. The molecule has 1 N–H and O–H groups in total. The molecule has 5 heteroatoms. The van der Waals surface area contributed by atoms with E-state index >= 15 is 0 Å². The fourth-order valence-corrected chi connectivity index (χ4v) is 2.39. The van der Waals surface area contributed by atoms with Gasteiger partial charge in [-0.3, -0.25) is 0 Å². The molecule has 17 heavy (non-hydrogen) atoms. The molecule has 0 spiro atoms. The lowest BCUT2D eigenvalue weighted by Crippen LogP contribution is -1.93. The van der Waals surface area contributed by atoms with Gasteiger partial charge in [0.15, 0.2) is 5.13 Å². The molecule has 1 aliphatic carbocycles. The molecule has 3 rings (SSSR count). The zero-order valence-corrected chi connectivity index (χ0v) is 9.87. The summed E-state index contributed by atoms with van der Waals surface area (Å²) in [6.45, 7) is 0. The summed E-state index contributed by atoms with van der Waals surface area (Å²) in [5.74, 6) is 1.33. The van der Waals surface area contributed by atoms with Crippen molar-refractivity contribution in [2.75, 3.05) is 5.32 Å². The first kappa shape index (κ1) is 10.2. The minimum atomic E-state index is 0.599. The van der Waals surface area contributed by atoms with Gasteiger partial charge in [0, 0.05) is 17.5 Å². The number of pyridine rings is 1. The van der Waals surface area contributed by atoms with Gasteiger partial charge in [-0.2, -0.15) is 5.26 Å². The van der Waals surface area contributed by atoms with Crippen molar-refractivity contribution in [3.8, 4) is 6.07 Å². The molecule has 0 saturated heterocycles. The summed E-state index contributed by atoms with van der Waals surface area (Å²) in [6.07, 6.45) is 4.13. The molecule has 1 fully saturated rings. The maximum atomic E-state index is 8.79. The van der Waals surface area contributed by atoms with Crippen LogP contribution in [0.3, 0.4) is 0 Å². The Bertz CT molecular complexity index is 580. The van der Waals surface area contributed by atoms with Crippen molar-refractivity contribution in [3.05, 3.63) is 35.0 Å². The number of thiazole rings is 1. The van der Waals surface area contributed by atoms with Gasteiger partial charge >= 0.3 is 0 Å². The Balaban J connectivity index is 1.78. The molecular weight excluding hydrogens is 232 g/mol. The highest BCUT2D eigenvalue weighted by Crippen LogP contribution is 2.41.